The van der Waals surface area contributed by atoms with Gasteiger partial charge < -0.3 is 14.2 Å². The summed E-state index contributed by atoms with van der Waals surface area (Å²) in [5.41, 5.74) is 1.08. The number of hydrogen-bond donors (Lipinski definition) is 1. The van der Waals surface area contributed by atoms with Crippen LogP contribution in [-0.2, 0) is 6.54 Å². The van der Waals surface area contributed by atoms with Crippen LogP contribution in [0.1, 0.15) is 11.5 Å². The van der Waals surface area contributed by atoms with Crippen molar-refractivity contribution in [2.45, 2.75) is 13.5 Å². The van der Waals surface area contributed by atoms with Crippen LogP contribution < -0.4 is 4.90 Å². The molecule has 0 radical (unpaired) electrons. The highest BCUT2D eigenvalue weighted by molar-refractivity contribution is 5.83. The van der Waals surface area contributed by atoms with Gasteiger partial charge in [0.1, 0.15) is 5.69 Å². The molecule has 1 N–H and O–H groups in total. The second-order valence-electron chi connectivity index (χ2n) is 4.98. The molecule has 0 saturated heterocycles. The number of carboxylic acid groups (broad SMARTS) is 1. The first-order valence-corrected chi connectivity index (χ1v) is 6.79. The molecular weight excluding hydrogens is 324 g/mol. The molecule has 0 aliphatic heterocycles. The average Bonchev–Trinajstić information content (AvgIpc) is 3.16. The van der Waals surface area contributed by atoms with Crippen molar-refractivity contribution in [1.29, 1.82) is 0 Å². The fraction of sp³-hybridized carbons (Fsp3) is 0.133. The summed E-state index contributed by atoms with van der Waals surface area (Å²) in [7, 11) is 0. The Bertz CT molecular complexity index is 890. The van der Waals surface area contributed by atoms with E-state index in [0.717, 1.165) is 17.0 Å². The van der Waals surface area contributed by atoms with E-state index in [1.54, 1.807) is 6.92 Å². The molecule has 0 spiro atoms. The van der Waals surface area contributed by atoms with Crippen LogP contribution in [0, 0.1) is 18.6 Å². The number of hydrogen-bond acceptors (Lipinski definition) is 5. The molecule has 7 nitrogen and oxygen atoms in total. The number of rotatable bonds is 4. The first kappa shape index (κ1) is 15.7. The molecule has 0 aliphatic carbocycles. The van der Waals surface area contributed by atoms with Crippen molar-refractivity contribution in [3.63, 3.8) is 0 Å². The third-order valence-corrected chi connectivity index (χ3v) is 3.20. The highest BCUT2D eigenvalue weighted by Gasteiger charge is 2.21. The summed E-state index contributed by atoms with van der Waals surface area (Å²) in [6.07, 6.45) is -1.27. The predicted molar refractivity (Wildman–Crippen MR) is 77.3 cm³/mol. The molecule has 24 heavy (non-hydrogen) atoms. The fourth-order valence-electron chi connectivity index (χ4n) is 2.05. The van der Waals surface area contributed by atoms with E-state index < -0.39 is 17.7 Å². The quantitative estimate of drug-likeness (QED) is 0.783. The highest BCUT2D eigenvalue weighted by atomic mass is 19.2. The first-order valence-electron chi connectivity index (χ1n) is 6.79. The number of aryl methyl sites for hydroxylation is 1. The Morgan fingerprint density at radius 1 is 1.17 bits per heavy atom. The Morgan fingerprint density at radius 3 is 2.58 bits per heavy atom. The number of anilines is 1. The van der Waals surface area contributed by atoms with Crippen molar-refractivity contribution in [3.8, 4) is 11.3 Å². The minimum atomic E-state index is -1.27. The van der Waals surface area contributed by atoms with Crippen molar-refractivity contribution < 1.29 is 27.7 Å². The van der Waals surface area contributed by atoms with Crippen molar-refractivity contribution in [3.05, 3.63) is 53.4 Å². The van der Waals surface area contributed by atoms with Gasteiger partial charge in [-0.15, -0.1) is 0 Å². The molecular formula is C15H11F2N3O4. The average molecular weight is 335 g/mol. The number of benzene rings is 1. The lowest BCUT2D eigenvalue weighted by Crippen LogP contribution is -2.27. The van der Waals surface area contributed by atoms with E-state index in [0.29, 0.717) is 11.3 Å². The molecule has 3 aromatic rings. The largest absolute Gasteiger partial charge is 0.465 e. The summed E-state index contributed by atoms with van der Waals surface area (Å²) in [6, 6.07) is 6.19. The zero-order valence-electron chi connectivity index (χ0n) is 12.4. The van der Waals surface area contributed by atoms with Gasteiger partial charge in [-0.1, -0.05) is 10.3 Å². The standard InChI is InChI=1S/C15H11F2N3O4/c1-8-4-14(24-18-8)20(15(21)22)7-10-6-13(19-23-10)9-2-3-11(16)12(17)5-9/h2-6H,7H2,1H3,(H,21,22). The normalized spacial score (nSPS) is 10.8. The van der Waals surface area contributed by atoms with Gasteiger partial charge in [0.05, 0.1) is 12.2 Å². The number of nitrogens with zero attached hydrogens (tertiary/aromatic N) is 3. The third-order valence-electron chi connectivity index (χ3n) is 3.20. The minimum Gasteiger partial charge on any atom is -0.465 e. The van der Waals surface area contributed by atoms with Gasteiger partial charge in [-0.25, -0.2) is 18.5 Å². The van der Waals surface area contributed by atoms with E-state index in [2.05, 4.69) is 10.3 Å². The van der Waals surface area contributed by atoms with Crippen molar-refractivity contribution in [2.24, 2.45) is 0 Å². The van der Waals surface area contributed by atoms with E-state index in [4.69, 9.17) is 9.05 Å². The van der Waals surface area contributed by atoms with E-state index in [1.165, 1.54) is 18.2 Å². The molecule has 3 rings (SSSR count). The molecule has 0 atom stereocenters. The smallest absolute Gasteiger partial charge is 0.414 e. The number of amides is 1. The van der Waals surface area contributed by atoms with E-state index in [-0.39, 0.29) is 23.9 Å². The molecule has 0 fully saturated rings. The predicted octanol–water partition coefficient (Wildman–Crippen LogP) is 3.60. The van der Waals surface area contributed by atoms with Gasteiger partial charge in [0, 0.05) is 17.7 Å². The molecule has 0 saturated carbocycles. The van der Waals surface area contributed by atoms with Crippen molar-refractivity contribution in [2.75, 3.05) is 4.90 Å². The van der Waals surface area contributed by atoms with Gasteiger partial charge in [-0.05, 0) is 25.1 Å². The Balaban J connectivity index is 1.84. The molecule has 2 aromatic heterocycles. The zero-order chi connectivity index (χ0) is 17.3. The number of carbonyl (C=O) groups is 1. The first-order chi connectivity index (χ1) is 11.4. The maximum absolute atomic E-state index is 13.3. The summed E-state index contributed by atoms with van der Waals surface area (Å²) in [4.78, 5) is 12.2. The molecule has 124 valence electrons. The van der Waals surface area contributed by atoms with Gasteiger partial charge >= 0.3 is 6.09 Å². The molecule has 0 aliphatic rings. The Morgan fingerprint density at radius 2 is 1.96 bits per heavy atom. The molecule has 2 heterocycles. The maximum atomic E-state index is 13.3. The highest BCUT2D eigenvalue weighted by Crippen LogP contribution is 2.24. The Labute approximate surface area is 134 Å². The van der Waals surface area contributed by atoms with Crippen LogP contribution >= 0.6 is 0 Å². The van der Waals surface area contributed by atoms with Gasteiger partial charge in [-0.3, -0.25) is 0 Å². The molecule has 1 aromatic carbocycles. The number of aromatic nitrogens is 2. The van der Waals surface area contributed by atoms with Gasteiger partial charge in [0.25, 0.3) is 0 Å². The fourth-order valence-corrected chi connectivity index (χ4v) is 2.05. The summed E-state index contributed by atoms with van der Waals surface area (Å²) in [5.74, 6) is -1.75. The summed E-state index contributed by atoms with van der Waals surface area (Å²) < 4.78 is 36.2. The molecule has 0 bridgehead atoms. The maximum Gasteiger partial charge on any atom is 0.414 e. The minimum absolute atomic E-state index is 0.0331. The van der Waals surface area contributed by atoms with Crippen LogP contribution in [-0.4, -0.2) is 21.5 Å². The zero-order valence-corrected chi connectivity index (χ0v) is 12.4. The van der Waals surface area contributed by atoms with Gasteiger partial charge in [0.15, 0.2) is 17.4 Å². The van der Waals surface area contributed by atoms with Gasteiger partial charge in [0.2, 0.25) is 5.88 Å². The molecule has 9 heteroatoms. The summed E-state index contributed by atoms with van der Waals surface area (Å²) in [6.45, 7) is 1.48. The molecule has 1 amide bonds. The monoisotopic (exact) mass is 335 g/mol. The second-order valence-corrected chi connectivity index (χ2v) is 4.98. The second kappa shape index (κ2) is 6.11. The molecule has 0 unspecified atom stereocenters. The lowest BCUT2D eigenvalue weighted by molar-refractivity contribution is 0.198. The van der Waals surface area contributed by atoms with Crippen LogP contribution in [0.25, 0.3) is 11.3 Å². The van der Waals surface area contributed by atoms with E-state index >= 15 is 0 Å². The lowest BCUT2D eigenvalue weighted by Gasteiger charge is -2.12. The van der Waals surface area contributed by atoms with Crippen LogP contribution in [0.3, 0.4) is 0 Å². The number of halogens is 2. The van der Waals surface area contributed by atoms with Crippen LogP contribution in [0.4, 0.5) is 19.5 Å². The van der Waals surface area contributed by atoms with Gasteiger partial charge in [-0.2, -0.15) is 0 Å². The Kier molecular flexibility index (Phi) is 3.98. The van der Waals surface area contributed by atoms with Crippen molar-refractivity contribution in [1.82, 2.24) is 10.3 Å². The lowest BCUT2D eigenvalue weighted by atomic mass is 10.1. The van der Waals surface area contributed by atoms with E-state index in [9.17, 15) is 18.7 Å². The summed E-state index contributed by atoms with van der Waals surface area (Å²) in [5, 5.41) is 16.6. The SMILES string of the molecule is Cc1cc(N(Cc2cc(-c3ccc(F)c(F)c3)no2)C(=O)O)on1. The van der Waals surface area contributed by atoms with E-state index in [1.807, 2.05) is 0 Å². The third kappa shape index (κ3) is 3.09. The van der Waals surface area contributed by atoms with Crippen LogP contribution in [0.15, 0.2) is 39.4 Å². The topological polar surface area (TPSA) is 92.6 Å². The van der Waals surface area contributed by atoms with Crippen LogP contribution in [0.2, 0.25) is 0 Å². The van der Waals surface area contributed by atoms with Crippen molar-refractivity contribution >= 4 is 12.0 Å². The van der Waals surface area contributed by atoms with Crippen LogP contribution in [0.5, 0.6) is 0 Å². The Hall–Kier alpha value is -3.23. The summed E-state index contributed by atoms with van der Waals surface area (Å²) >= 11 is 0.